The van der Waals surface area contributed by atoms with Gasteiger partial charge in [-0.25, -0.2) is 13.2 Å². The van der Waals surface area contributed by atoms with Crippen molar-refractivity contribution in [1.82, 2.24) is 15.4 Å². The third-order valence-corrected chi connectivity index (χ3v) is 9.36. The normalized spacial score (nSPS) is 20.0. The number of nitrogens with one attached hydrogen (secondary N) is 3. The highest BCUT2D eigenvalue weighted by Crippen LogP contribution is 2.40. The van der Waals surface area contributed by atoms with Gasteiger partial charge in [-0.05, 0) is 66.3 Å². The smallest absolute Gasteiger partial charge is 0.328 e. The van der Waals surface area contributed by atoms with Crippen molar-refractivity contribution in [2.45, 2.75) is 42.3 Å². The molecule has 46 heavy (non-hydrogen) atoms. The summed E-state index contributed by atoms with van der Waals surface area (Å²) in [5.41, 5.74) is 1.53. The molecule has 4 bridgehead atoms. The van der Waals surface area contributed by atoms with Gasteiger partial charge in [-0.1, -0.05) is 12.1 Å². The van der Waals surface area contributed by atoms with Crippen LogP contribution in [0.4, 0.5) is 5.69 Å². The summed E-state index contributed by atoms with van der Waals surface area (Å²) in [5, 5.41) is 16.5. The highest BCUT2D eigenvalue weighted by Gasteiger charge is 2.41. The number of nitrogens with zero attached hydrogens (tertiary/aromatic N) is 1. The van der Waals surface area contributed by atoms with Crippen molar-refractivity contribution in [3.05, 3.63) is 81.9 Å². The monoisotopic (exact) mass is 652 g/mol. The number of benzene rings is 3. The maximum atomic E-state index is 14.0. The Morgan fingerprint density at radius 2 is 1.52 bits per heavy atom. The molecule has 2 aliphatic rings. The number of carbonyl (C=O) groups excluding carboxylic acids is 3. The Morgan fingerprint density at radius 3 is 2.11 bits per heavy atom. The van der Waals surface area contributed by atoms with Gasteiger partial charge in [0.2, 0.25) is 21.8 Å². The van der Waals surface area contributed by atoms with E-state index in [-0.39, 0.29) is 28.5 Å². The van der Waals surface area contributed by atoms with Crippen molar-refractivity contribution >= 4 is 33.5 Å². The molecule has 0 saturated heterocycles. The zero-order valence-electron chi connectivity index (χ0n) is 25.1. The summed E-state index contributed by atoms with van der Waals surface area (Å²) in [7, 11) is -0.306. The predicted octanol–water partition coefficient (Wildman–Crippen LogP) is 2.41. The Morgan fingerprint density at radius 1 is 0.891 bits per heavy atom. The van der Waals surface area contributed by atoms with Gasteiger partial charge in [0.25, 0.3) is 5.69 Å². The summed E-state index contributed by atoms with van der Waals surface area (Å²) in [4.78, 5) is 50.5. The van der Waals surface area contributed by atoms with E-state index in [9.17, 15) is 32.9 Å². The largest absolute Gasteiger partial charge is 0.496 e. The van der Waals surface area contributed by atoms with Crippen molar-refractivity contribution < 1.29 is 41.9 Å². The molecule has 5 rings (SSSR count). The lowest BCUT2D eigenvalue weighted by Gasteiger charge is -2.26. The van der Waals surface area contributed by atoms with Gasteiger partial charge in [0.05, 0.1) is 31.1 Å². The minimum Gasteiger partial charge on any atom is -0.496 e. The summed E-state index contributed by atoms with van der Waals surface area (Å²) in [6, 6.07) is 10.3. The topological polar surface area (TPSA) is 192 Å². The van der Waals surface area contributed by atoms with E-state index in [1.54, 1.807) is 30.3 Å². The Kier molecular flexibility index (Phi) is 9.25. The molecule has 3 N–H and O–H groups in total. The zero-order valence-corrected chi connectivity index (χ0v) is 26.0. The molecule has 3 aromatic rings. The Labute approximate surface area is 264 Å². The van der Waals surface area contributed by atoms with Gasteiger partial charge in [-0.15, -0.1) is 0 Å². The molecule has 0 radical (unpaired) electrons. The molecule has 1 fully saturated rings. The summed E-state index contributed by atoms with van der Waals surface area (Å²) in [5.74, 6) is -1.57. The van der Waals surface area contributed by atoms with E-state index in [4.69, 9.17) is 14.2 Å². The molecule has 3 aromatic carbocycles. The van der Waals surface area contributed by atoms with Crippen LogP contribution in [0.2, 0.25) is 0 Å². The lowest BCUT2D eigenvalue weighted by Crippen LogP contribution is -2.55. The van der Waals surface area contributed by atoms with Gasteiger partial charge in [0, 0.05) is 29.7 Å². The van der Waals surface area contributed by atoms with Gasteiger partial charge < -0.3 is 24.8 Å². The number of carbonyl (C=O) groups is 3. The number of methoxy groups -OCH3 is 3. The third-order valence-electron chi connectivity index (χ3n) is 7.92. The number of esters is 1. The number of amides is 2. The standard InChI is InChI=1S/C31H32N4O10S/c1-43-25-12-4-17-14-22(25)23-16-19(7-13-26(23)44-2)28(34-46(41,42)21-10-8-20(9-11-21)35(39)40)30(37)33-27(18-5-6-18)29(36)32-24(15-17)31(38)45-3/h4,7-14,16,18,24,27-28,34H,5-6,15H2,1-3H3,(H,32,36)(H,33,37)/t24-,27-,28-/m0/s1. The van der Waals surface area contributed by atoms with Gasteiger partial charge >= 0.3 is 5.97 Å². The summed E-state index contributed by atoms with van der Waals surface area (Å²) in [6.07, 6.45) is 1.34. The Bertz CT molecular complexity index is 1790. The molecule has 1 aliphatic carbocycles. The number of hydrogen-bond donors (Lipinski definition) is 3. The van der Waals surface area contributed by atoms with Crippen LogP contribution in [0.1, 0.15) is 30.0 Å². The predicted molar refractivity (Wildman–Crippen MR) is 163 cm³/mol. The highest BCUT2D eigenvalue weighted by molar-refractivity contribution is 7.89. The maximum Gasteiger partial charge on any atom is 0.328 e. The molecule has 2 amide bonds. The fraction of sp³-hybridized carbons (Fsp3) is 0.323. The van der Waals surface area contributed by atoms with Crippen molar-refractivity contribution in [2.75, 3.05) is 21.3 Å². The summed E-state index contributed by atoms with van der Waals surface area (Å²) >= 11 is 0. The minimum atomic E-state index is -4.44. The number of fused-ring (bicyclic) bond motifs is 5. The number of sulfonamides is 1. The van der Waals surface area contributed by atoms with Crippen molar-refractivity contribution in [1.29, 1.82) is 0 Å². The van der Waals surface area contributed by atoms with Crippen molar-refractivity contribution in [3.63, 3.8) is 0 Å². The average molecular weight is 653 g/mol. The van der Waals surface area contributed by atoms with Crippen LogP contribution in [-0.4, -0.2) is 64.5 Å². The van der Waals surface area contributed by atoms with Crippen LogP contribution in [0.25, 0.3) is 11.1 Å². The van der Waals surface area contributed by atoms with E-state index < -0.39 is 50.9 Å². The average Bonchev–Trinajstić information content (AvgIpc) is 3.90. The first-order valence-electron chi connectivity index (χ1n) is 14.3. The number of nitro groups is 1. The van der Waals surface area contributed by atoms with E-state index >= 15 is 0 Å². The van der Waals surface area contributed by atoms with E-state index in [0.717, 1.165) is 24.3 Å². The first-order chi connectivity index (χ1) is 21.9. The molecule has 3 atom stereocenters. The third kappa shape index (κ3) is 6.79. The summed E-state index contributed by atoms with van der Waals surface area (Å²) < 4.78 is 45.7. The molecule has 15 heteroatoms. The molecule has 1 aliphatic heterocycles. The lowest BCUT2D eigenvalue weighted by molar-refractivity contribution is -0.384. The van der Waals surface area contributed by atoms with E-state index in [1.807, 2.05) is 0 Å². The molecular weight excluding hydrogens is 620 g/mol. The van der Waals surface area contributed by atoms with Crippen LogP contribution in [0.3, 0.4) is 0 Å². The fourth-order valence-electron chi connectivity index (χ4n) is 5.35. The second-order valence-electron chi connectivity index (χ2n) is 10.9. The number of ether oxygens (including phenoxy) is 3. The molecule has 0 spiro atoms. The van der Waals surface area contributed by atoms with Crippen LogP contribution in [-0.2, 0) is 35.6 Å². The highest BCUT2D eigenvalue weighted by atomic mass is 32.2. The van der Waals surface area contributed by atoms with Crippen LogP contribution in [0.5, 0.6) is 11.5 Å². The van der Waals surface area contributed by atoms with Gasteiger partial charge in [0.15, 0.2) is 0 Å². The first kappa shape index (κ1) is 32.4. The zero-order chi connectivity index (χ0) is 33.2. The molecule has 0 unspecified atom stereocenters. The Hall–Kier alpha value is -5.02. The quantitative estimate of drug-likeness (QED) is 0.185. The van der Waals surface area contributed by atoms with Gasteiger partial charge in [0.1, 0.15) is 29.6 Å². The minimum absolute atomic E-state index is 0.0698. The van der Waals surface area contributed by atoms with Crippen LogP contribution in [0.15, 0.2) is 65.6 Å². The van der Waals surface area contributed by atoms with Crippen LogP contribution < -0.4 is 24.8 Å². The Balaban J connectivity index is 1.67. The van der Waals surface area contributed by atoms with E-state index in [0.29, 0.717) is 41.0 Å². The number of rotatable bonds is 8. The molecular formula is C31H32N4O10S. The fourth-order valence-corrected chi connectivity index (χ4v) is 6.53. The maximum absolute atomic E-state index is 14.0. The van der Waals surface area contributed by atoms with E-state index in [2.05, 4.69) is 15.4 Å². The van der Waals surface area contributed by atoms with Gasteiger partial charge in [-0.2, -0.15) is 4.72 Å². The van der Waals surface area contributed by atoms with E-state index in [1.165, 1.54) is 27.4 Å². The number of hydrogen-bond acceptors (Lipinski definition) is 10. The number of non-ortho nitro benzene ring substituents is 1. The lowest BCUT2D eigenvalue weighted by atomic mass is 9.94. The molecule has 1 saturated carbocycles. The molecule has 1 heterocycles. The van der Waals surface area contributed by atoms with Gasteiger partial charge in [-0.3, -0.25) is 19.7 Å². The molecule has 242 valence electrons. The second kappa shape index (κ2) is 13.1. The van der Waals surface area contributed by atoms with Crippen molar-refractivity contribution in [3.8, 4) is 22.6 Å². The molecule has 14 nitrogen and oxygen atoms in total. The molecule has 0 aromatic heterocycles. The first-order valence-corrected chi connectivity index (χ1v) is 15.7. The number of nitro benzene ring substituents is 1. The van der Waals surface area contributed by atoms with Crippen molar-refractivity contribution in [2.24, 2.45) is 5.92 Å². The van der Waals surface area contributed by atoms with Crippen LogP contribution >= 0.6 is 0 Å². The SMILES string of the molecule is COC(=O)[C@@H]1Cc2ccc(OC)c(c2)-c2cc(ccc2OC)[C@H](NS(=O)(=O)c2ccc([N+](=O)[O-])cc2)C(=O)N[C@@H](C2CC2)C(=O)N1. The second-order valence-corrected chi connectivity index (χ2v) is 12.6. The van der Waals surface area contributed by atoms with Crippen LogP contribution in [0, 0.1) is 16.0 Å². The summed E-state index contributed by atoms with van der Waals surface area (Å²) in [6.45, 7) is 0.